The standard InChI is InChI=1S/C11H19N3S2/c1-15-9-4-2-3-5-14(7-9)8-10-6-13-11(12)16-10/h6,9H,2-5,7-8H2,1H3,(H2,12,13). The number of nitrogens with zero attached hydrogens (tertiary/aromatic N) is 2. The topological polar surface area (TPSA) is 42.2 Å². The van der Waals surface area contributed by atoms with Crippen LogP contribution in [0.25, 0.3) is 0 Å². The molecule has 0 radical (unpaired) electrons. The van der Waals surface area contributed by atoms with Gasteiger partial charge in [-0.3, -0.25) is 4.90 Å². The molecule has 0 spiro atoms. The van der Waals surface area contributed by atoms with E-state index in [4.69, 9.17) is 5.73 Å². The van der Waals surface area contributed by atoms with Crippen LogP contribution in [0, 0.1) is 0 Å². The van der Waals surface area contributed by atoms with E-state index in [1.807, 2.05) is 18.0 Å². The number of nitrogen functional groups attached to an aromatic ring is 1. The Hall–Kier alpha value is -0.260. The van der Waals surface area contributed by atoms with E-state index < -0.39 is 0 Å². The normalized spacial score (nSPS) is 23.2. The van der Waals surface area contributed by atoms with Gasteiger partial charge in [-0.15, -0.1) is 11.3 Å². The first kappa shape index (κ1) is 12.2. The van der Waals surface area contributed by atoms with Crippen molar-refractivity contribution in [3.05, 3.63) is 11.1 Å². The summed E-state index contributed by atoms with van der Waals surface area (Å²) in [4.78, 5) is 7.94. The van der Waals surface area contributed by atoms with E-state index in [-0.39, 0.29) is 0 Å². The number of rotatable bonds is 3. The minimum Gasteiger partial charge on any atom is -0.375 e. The molecule has 0 amide bonds. The number of anilines is 1. The monoisotopic (exact) mass is 257 g/mol. The first-order chi connectivity index (χ1) is 7.78. The van der Waals surface area contributed by atoms with Crippen molar-refractivity contribution in [3.63, 3.8) is 0 Å². The molecule has 2 rings (SSSR count). The summed E-state index contributed by atoms with van der Waals surface area (Å²) in [6.07, 6.45) is 8.19. The smallest absolute Gasteiger partial charge is 0.180 e. The maximum Gasteiger partial charge on any atom is 0.180 e. The maximum absolute atomic E-state index is 5.65. The molecular weight excluding hydrogens is 238 g/mol. The Bertz CT molecular complexity index is 327. The molecule has 16 heavy (non-hydrogen) atoms. The van der Waals surface area contributed by atoms with Crippen molar-refractivity contribution in [2.75, 3.05) is 25.1 Å². The van der Waals surface area contributed by atoms with Crippen molar-refractivity contribution in [2.45, 2.75) is 31.1 Å². The van der Waals surface area contributed by atoms with Crippen molar-refractivity contribution < 1.29 is 0 Å². The molecule has 1 aliphatic rings. The highest BCUT2D eigenvalue weighted by Gasteiger charge is 2.17. The average Bonchev–Trinajstić information content (AvgIpc) is 2.55. The van der Waals surface area contributed by atoms with Gasteiger partial charge in [-0.25, -0.2) is 4.98 Å². The second kappa shape index (κ2) is 5.89. The Morgan fingerprint density at radius 3 is 3.19 bits per heavy atom. The highest BCUT2D eigenvalue weighted by molar-refractivity contribution is 7.99. The third-order valence-electron chi connectivity index (χ3n) is 3.00. The first-order valence-electron chi connectivity index (χ1n) is 5.73. The molecule has 90 valence electrons. The van der Waals surface area contributed by atoms with Gasteiger partial charge in [0.25, 0.3) is 0 Å². The second-order valence-corrected chi connectivity index (χ2v) is 6.54. The van der Waals surface area contributed by atoms with E-state index >= 15 is 0 Å². The van der Waals surface area contributed by atoms with Crippen molar-refractivity contribution in [2.24, 2.45) is 0 Å². The number of thioether (sulfide) groups is 1. The van der Waals surface area contributed by atoms with Crippen LogP contribution in [0.15, 0.2) is 6.20 Å². The van der Waals surface area contributed by atoms with Crippen molar-refractivity contribution in [1.82, 2.24) is 9.88 Å². The number of likely N-dealkylation sites (tertiary alicyclic amines) is 1. The summed E-state index contributed by atoms with van der Waals surface area (Å²) in [6, 6.07) is 0. The molecule has 1 aromatic heterocycles. The number of thiazole rings is 1. The fourth-order valence-corrected chi connectivity index (χ4v) is 3.62. The van der Waals surface area contributed by atoms with Gasteiger partial charge in [-0.2, -0.15) is 11.8 Å². The van der Waals surface area contributed by atoms with E-state index in [0.717, 1.165) is 11.8 Å². The molecule has 0 aliphatic carbocycles. The second-order valence-electron chi connectivity index (χ2n) is 4.25. The summed E-state index contributed by atoms with van der Waals surface area (Å²) < 4.78 is 0. The molecule has 5 heteroatoms. The number of aromatic nitrogens is 1. The Morgan fingerprint density at radius 1 is 1.62 bits per heavy atom. The van der Waals surface area contributed by atoms with Crippen molar-refractivity contribution >= 4 is 28.2 Å². The summed E-state index contributed by atoms with van der Waals surface area (Å²) >= 11 is 3.62. The molecule has 1 aliphatic heterocycles. The van der Waals surface area contributed by atoms with Crippen LogP contribution in [0.4, 0.5) is 5.13 Å². The highest BCUT2D eigenvalue weighted by atomic mass is 32.2. The van der Waals surface area contributed by atoms with Gasteiger partial charge < -0.3 is 5.73 Å². The van der Waals surface area contributed by atoms with Gasteiger partial charge in [0.1, 0.15) is 0 Å². The van der Waals surface area contributed by atoms with Gasteiger partial charge in [0, 0.05) is 29.4 Å². The molecule has 2 N–H and O–H groups in total. The fraction of sp³-hybridized carbons (Fsp3) is 0.727. The molecule has 1 fully saturated rings. The van der Waals surface area contributed by atoms with Crippen LogP contribution in [0.2, 0.25) is 0 Å². The van der Waals surface area contributed by atoms with Crippen LogP contribution in [-0.4, -0.2) is 34.5 Å². The van der Waals surface area contributed by atoms with Gasteiger partial charge in [-0.1, -0.05) is 6.42 Å². The molecule has 1 unspecified atom stereocenters. The lowest BCUT2D eigenvalue weighted by atomic mass is 10.2. The summed E-state index contributed by atoms with van der Waals surface area (Å²) in [6.45, 7) is 3.44. The molecule has 3 nitrogen and oxygen atoms in total. The Labute approximate surface area is 105 Å². The number of hydrogen-bond donors (Lipinski definition) is 1. The van der Waals surface area contributed by atoms with E-state index in [1.54, 1.807) is 11.3 Å². The Kier molecular flexibility index (Phi) is 4.49. The predicted octanol–water partition coefficient (Wildman–Crippen LogP) is 2.44. The SMILES string of the molecule is CSC1CCCCN(Cc2cnc(N)s2)C1. The molecule has 0 aromatic carbocycles. The van der Waals surface area contributed by atoms with Crippen molar-refractivity contribution in [1.29, 1.82) is 0 Å². The molecule has 1 aromatic rings. The zero-order valence-electron chi connectivity index (χ0n) is 9.69. The summed E-state index contributed by atoms with van der Waals surface area (Å²) in [5.74, 6) is 0. The van der Waals surface area contributed by atoms with Gasteiger partial charge in [0.2, 0.25) is 0 Å². The van der Waals surface area contributed by atoms with Gasteiger partial charge in [-0.05, 0) is 25.6 Å². The average molecular weight is 257 g/mol. The largest absolute Gasteiger partial charge is 0.375 e. The van der Waals surface area contributed by atoms with Crippen LogP contribution in [-0.2, 0) is 6.54 Å². The Balaban J connectivity index is 1.92. The maximum atomic E-state index is 5.65. The van der Waals surface area contributed by atoms with E-state index in [1.165, 1.54) is 37.2 Å². The van der Waals surface area contributed by atoms with E-state index in [2.05, 4.69) is 16.1 Å². The molecule has 2 heterocycles. The Morgan fingerprint density at radius 2 is 2.50 bits per heavy atom. The minimum absolute atomic E-state index is 0.686. The molecule has 0 bridgehead atoms. The lowest BCUT2D eigenvalue weighted by Gasteiger charge is -2.22. The molecule has 1 atom stereocenters. The fourth-order valence-electron chi connectivity index (χ4n) is 2.13. The molecule has 0 saturated carbocycles. The number of hydrogen-bond acceptors (Lipinski definition) is 5. The lowest BCUT2D eigenvalue weighted by Crippen LogP contribution is -2.28. The van der Waals surface area contributed by atoms with Crippen molar-refractivity contribution in [3.8, 4) is 0 Å². The van der Waals surface area contributed by atoms with Crippen LogP contribution in [0.3, 0.4) is 0 Å². The zero-order chi connectivity index (χ0) is 11.4. The predicted molar refractivity (Wildman–Crippen MR) is 73.0 cm³/mol. The summed E-state index contributed by atoms with van der Waals surface area (Å²) in [5.41, 5.74) is 5.65. The third kappa shape index (κ3) is 3.37. The van der Waals surface area contributed by atoms with Crippen LogP contribution >= 0.6 is 23.1 Å². The van der Waals surface area contributed by atoms with Gasteiger partial charge in [0.15, 0.2) is 5.13 Å². The lowest BCUT2D eigenvalue weighted by molar-refractivity contribution is 0.282. The van der Waals surface area contributed by atoms with E-state index in [9.17, 15) is 0 Å². The minimum atomic E-state index is 0.686. The van der Waals surface area contributed by atoms with E-state index in [0.29, 0.717) is 5.13 Å². The molecular formula is C11H19N3S2. The van der Waals surface area contributed by atoms with Crippen LogP contribution in [0.5, 0.6) is 0 Å². The van der Waals surface area contributed by atoms with Gasteiger partial charge in [0.05, 0.1) is 0 Å². The van der Waals surface area contributed by atoms with Gasteiger partial charge >= 0.3 is 0 Å². The summed E-state index contributed by atoms with van der Waals surface area (Å²) in [5, 5.41) is 1.49. The third-order valence-corrected chi connectivity index (χ3v) is 4.86. The highest BCUT2D eigenvalue weighted by Crippen LogP contribution is 2.23. The quantitative estimate of drug-likeness (QED) is 0.903. The molecule has 1 saturated heterocycles. The first-order valence-corrected chi connectivity index (χ1v) is 7.83. The summed E-state index contributed by atoms with van der Waals surface area (Å²) in [7, 11) is 0. The van der Waals surface area contributed by atoms with Crippen LogP contribution < -0.4 is 5.73 Å². The zero-order valence-corrected chi connectivity index (χ0v) is 11.3. The number of nitrogens with two attached hydrogens (primary N) is 1. The van der Waals surface area contributed by atoms with Crippen LogP contribution in [0.1, 0.15) is 24.1 Å².